The van der Waals surface area contributed by atoms with Crippen molar-refractivity contribution in [1.29, 1.82) is 0 Å². The molecular weight excluding hydrogens is 727 g/mol. The van der Waals surface area contributed by atoms with E-state index in [4.69, 9.17) is 0 Å². The molecule has 0 amide bonds. The van der Waals surface area contributed by atoms with Gasteiger partial charge in [0.1, 0.15) is 0 Å². The third-order valence-corrected chi connectivity index (χ3v) is 14.6. The maximum atomic E-state index is 2.53. The largest absolute Gasteiger partial charge is 0.309 e. The van der Waals surface area contributed by atoms with Crippen LogP contribution in [-0.4, -0.2) is 4.57 Å². The van der Waals surface area contributed by atoms with Crippen LogP contribution in [0.1, 0.15) is 0 Å². The van der Waals surface area contributed by atoms with E-state index >= 15 is 0 Å². The lowest BCUT2D eigenvalue weighted by atomic mass is 9.95. The number of fused-ring (bicyclic) bond motifs is 14. The normalized spacial score (nSPS) is 12.2. The Hall–Kier alpha value is -6.78. The topological polar surface area (TPSA) is 4.93 Å². The molecule has 3 heteroatoms. The Morgan fingerprint density at radius 1 is 0.298 bits per heavy atom. The molecule has 3 heterocycles. The minimum absolute atomic E-state index is 1.20. The quantitative estimate of drug-likeness (QED) is 0.158. The van der Waals surface area contributed by atoms with Crippen molar-refractivity contribution in [2.75, 3.05) is 0 Å². The molecule has 0 atom stereocenters. The molecule has 0 fully saturated rings. The zero-order valence-electron chi connectivity index (χ0n) is 30.7. The van der Waals surface area contributed by atoms with Gasteiger partial charge in [0.05, 0.1) is 16.7 Å². The van der Waals surface area contributed by atoms with E-state index in [2.05, 4.69) is 193 Å². The molecule has 1 nitrogen and oxygen atoms in total. The highest BCUT2D eigenvalue weighted by atomic mass is 32.1. The van der Waals surface area contributed by atoms with Gasteiger partial charge in [0, 0.05) is 56.5 Å². The summed E-state index contributed by atoms with van der Waals surface area (Å²) in [6.07, 6.45) is 0. The monoisotopic (exact) mass is 757 g/mol. The number of nitrogens with zero attached hydrogens (tertiary/aromatic N) is 1. The summed E-state index contributed by atoms with van der Waals surface area (Å²) in [6, 6.07) is 70.3. The Labute approximate surface area is 335 Å². The van der Waals surface area contributed by atoms with Crippen LogP contribution in [0, 0.1) is 0 Å². The fourth-order valence-corrected chi connectivity index (χ4v) is 12.1. The second-order valence-corrected chi connectivity index (χ2v) is 17.3. The van der Waals surface area contributed by atoms with Gasteiger partial charge in [-0.3, -0.25) is 0 Å². The second kappa shape index (κ2) is 11.9. The lowest BCUT2D eigenvalue weighted by Gasteiger charge is -2.16. The van der Waals surface area contributed by atoms with Gasteiger partial charge in [-0.05, 0) is 91.6 Å². The third-order valence-electron chi connectivity index (χ3n) is 12.2. The van der Waals surface area contributed by atoms with Crippen molar-refractivity contribution in [3.63, 3.8) is 0 Å². The van der Waals surface area contributed by atoms with Crippen LogP contribution >= 0.6 is 22.7 Å². The van der Waals surface area contributed by atoms with Crippen LogP contribution in [-0.2, 0) is 0 Å². The van der Waals surface area contributed by atoms with E-state index in [1.165, 1.54) is 122 Å². The molecule has 0 unspecified atom stereocenters. The van der Waals surface area contributed by atoms with Gasteiger partial charge in [-0.2, -0.15) is 0 Å². The molecule has 0 spiro atoms. The number of hydrogen-bond donors (Lipinski definition) is 0. The van der Waals surface area contributed by atoms with Crippen LogP contribution in [0.25, 0.3) is 122 Å². The molecule has 0 N–H and O–H groups in total. The first-order valence-electron chi connectivity index (χ1n) is 19.5. The van der Waals surface area contributed by atoms with Gasteiger partial charge in [-0.1, -0.05) is 146 Å². The molecule has 3 aromatic heterocycles. The van der Waals surface area contributed by atoms with Gasteiger partial charge >= 0.3 is 0 Å². The van der Waals surface area contributed by atoms with E-state index in [0.717, 1.165) is 0 Å². The molecular formula is C54H31NS2. The molecule has 0 aliphatic rings. The first-order valence-corrected chi connectivity index (χ1v) is 21.1. The molecule has 264 valence electrons. The number of thiophene rings is 2. The van der Waals surface area contributed by atoms with E-state index in [-0.39, 0.29) is 0 Å². The predicted octanol–water partition coefficient (Wildman–Crippen LogP) is 16.3. The van der Waals surface area contributed by atoms with Crippen LogP contribution in [0.2, 0.25) is 0 Å². The number of benzene rings is 10. The fourth-order valence-electron chi connectivity index (χ4n) is 9.59. The lowest BCUT2D eigenvalue weighted by molar-refractivity contribution is 1.20. The molecule has 0 aliphatic carbocycles. The zero-order valence-corrected chi connectivity index (χ0v) is 32.3. The third kappa shape index (κ3) is 4.50. The Morgan fingerprint density at radius 3 is 1.40 bits per heavy atom. The Morgan fingerprint density at radius 2 is 0.789 bits per heavy atom. The average Bonchev–Trinajstić information content (AvgIpc) is 3.95. The van der Waals surface area contributed by atoms with Crippen molar-refractivity contribution in [3.8, 4) is 27.9 Å². The minimum atomic E-state index is 1.20. The van der Waals surface area contributed by atoms with Crippen molar-refractivity contribution in [2.24, 2.45) is 0 Å². The lowest BCUT2D eigenvalue weighted by Crippen LogP contribution is -1.96. The maximum absolute atomic E-state index is 2.53. The number of hydrogen-bond acceptors (Lipinski definition) is 2. The van der Waals surface area contributed by atoms with Gasteiger partial charge in [0.2, 0.25) is 0 Å². The molecule has 57 heavy (non-hydrogen) atoms. The summed E-state index contributed by atoms with van der Waals surface area (Å²) in [6.45, 7) is 0. The standard InChI is InChI=1S/C54H31NS2/c1-2-12-35-32(11-1)23-26-39-38-13-3-4-14-40(38)50(31-45(35)39)55-48-27-24-33(36-17-9-19-43-41-15-5-7-21-51(41)56-53(36)43)29-46(48)47-30-34(25-28-49(47)55)37-18-10-20-44-42-16-6-8-22-52(42)57-54(37)44/h1-31H. The molecule has 13 rings (SSSR count). The smallest absolute Gasteiger partial charge is 0.0547 e. The van der Waals surface area contributed by atoms with E-state index in [1.807, 2.05) is 22.7 Å². The summed E-state index contributed by atoms with van der Waals surface area (Å²) in [5.74, 6) is 0. The van der Waals surface area contributed by atoms with E-state index < -0.39 is 0 Å². The highest BCUT2D eigenvalue weighted by Crippen LogP contribution is 2.46. The van der Waals surface area contributed by atoms with Crippen molar-refractivity contribution < 1.29 is 0 Å². The summed E-state index contributed by atoms with van der Waals surface area (Å²) in [7, 11) is 0. The van der Waals surface area contributed by atoms with E-state index in [1.54, 1.807) is 0 Å². The van der Waals surface area contributed by atoms with Crippen LogP contribution in [0.4, 0.5) is 0 Å². The number of rotatable bonds is 3. The van der Waals surface area contributed by atoms with E-state index in [9.17, 15) is 0 Å². The van der Waals surface area contributed by atoms with Crippen LogP contribution < -0.4 is 0 Å². The first kappa shape index (κ1) is 31.4. The van der Waals surface area contributed by atoms with Crippen molar-refractivity contribution >= 4 is 117 Å². The predicted molar refractivity (Wildman–Crippen MR) is 250 cm³/mol. The summed E-state index contributed by atoms with van der Waals surface area (Å²) in [5, 5.41) is 15.4. The van der Waals surface area contributed by atoms with Crippen molar-refractivity contribution in [3.05, 3.63) is 188 Å². The van der Waals surface area contributed by atoms with Gasteiger partial charge in [0.15, 0.2) is 0 Å². The molecule has 13 aromatic rings. The Balaban J connectivity index is 1.13. The Kier molecular flexibility index (Phi) is 6.54. The fraction of sp³-hybridized carbons (Fsp3) is 0. The van der Waals surface area contributed by atoms with Gasteiger partial charge < -0.3 is 4.57 Å². The van der Waals surface area contributed by atoms with E-state index in [0.29, 0.717) is 0 Å². The highest BCUT2D eigenvalue weighted by molar-refractivity contribution is 7.26. The molecule has 0 aliphatic heterocycles. The molecule has 10 aromatic carbocycles. The summed E-state index contributed by atoms with van der Waals surface area (Å²) >= 11 is 3.79. The number of aromatic nitrogens is 1. The summed E-state index contributed by atoms with van der Waals surface area (Å²) in [5.41, 5.74) is 8.66. The van der Waals surface area contributed by atoms with Crippen LogP contribution in [0.15, 0.2) is 188 Å². The van der Waals surface area contributed by atoms with Gasteiger partial charge in [-0.25, -0.2) is 0 Å². The maximum Gasteiger partial charge on any atom is 0.0547 e. The average molecular weight is 758 g/mol. The molecule has 0 radical (unpaired) electrons. The van der Waals surface area contributed by atoms with Crippen molar-refractivity contribution in [2.45, 2.75) is 0 Å². The minimum Gasteiger partial charge on any atom is -0.309 e. The van der Waals surface area contributed by atoms with Crippen LogP contribution in [0.3, 0.4) is 0 Å². The molecule has 0 saturated carbocycles. The van der Waals surface area contributed by atoms with Gasteiger partial charge in [-0.15, -0.1) is 22.7 Å². The first-order chi connectivity index (χ1) is 28.3. The molecule has 0 bridgehead atoms. The SMILES string of the molecule is c1ccc2c(c1)ccc1c3ccccc3c(-n3c4ccc(-c5cccc6c5sc5ccccc56)cc4c4cc(-c5cccc6c5sc5ccccc56)ccc43)cc21. The van der Waals surface area contributed by atoms with Gasteiger partial charge in [0.25, 0.3) is 0 Å². The second-order valence-electron chi connectivity index (χ2n) is 15.2. The van der Waals surface area contributed by atoms with Crippen molar-refractivity contribution in [1.82, 2.24) is 4.57 Å². The summed E-state index contributed by atoms with van der Waals surface area (Å²) in [4.78, 5) is 0. The zero-order chi connectivity index (χ0) is 37.2. The molecule has 0 saturated heterocycles. The Bertz CT molecular complexity index is 3650. The summed E-state index contributed by atoms with van der Waals surface area (Å²) < 4.78 is 7.86. The van der Waals surface area contributed by atoms with Crippen LogP contribution in [0.5, 0.6) is 0 Å². The highest BCUT2D eigenvalue weighted by Gasteiger charge is 2.20.